The monoisotopic (exact) mass is 436 g/mol. The molecule has 1 aromatic heterocycles. The molecule has 1 heterocycles. The summed E-state index contributed by atoms with van der Waals surface area (Å²) in [5.74, 6) is 5.84. The Morgan fingerprint density at radius 2 is 2.00 bits per heavy atom. The fraction of sp³-hybridized carbons (Fsp3) is 0.100. The van der Waals surface area contributed by atoms with E-state index in [-0.39, 0.29) is 12.0 Å². The number of hydrazine groups is 1. The minimum Gasteiger partial charge on any atom is -0.467 e. The highest BCUT2D eigenvalue weighted by molar-refractivity contribution is 14.1. The SMILES string of the molecule is COc1nc(NN)nc(Nc2ccc(I)cc2Br)n1. The van der Waals surface area contributed by atoms with Gasteiger partial charge in [-0.2, -0.15) is 15.0 Å². The Labute approximate surface area is 131 Å². The van der Waals surface area contributed by atoms with Crippen LogP contribution in [0.5, 0.6) is 6.01 Å². The Morgan fingerprint density at radius 3 is 2.63 bits per heavy atom. The Morgan fingerprint density at radius 1 is 1.26 bits per heavy atom. The van der Waals surface area contributed by atoms with E-state index >= 15 is 0 Å². The molecule has 9 heteroatoms. The second-order valence-electron chi connectivity index (χ2n) is 3.36. The maximum Gasteiger partial charge on any atom is 0.322 e. The van der Waals surface area contributed by atoms with Crippen LogP contribution in [0.2, 0.25) is 0 Å². The minimum atomic E-state index is 0.173. The maximum absolute atomic E-state index is 5.29. The smallest absolute Gasteiger partial charge is 0.322 e. The summed E-state index contributed by atoms with van der Waals surface area (Å²) in [5.41, 5.74) is 3.19. The number of anilines is 3. The zero-order chi connectivity index (χ0) is 13.8. The summed E-state index contributed by atoms with van der Waals surface area (Å²) in [6.07, 6.45) is 0. The average molecular weight is 437 g/mol. The molecular weight excluding hydrogens is 427 g/mol. The molecular formula is C10H10BrIN6O. The van der Waals surface area contributed by atoms with Crippen LogP contribution in [0, 0.1) is 3.57 Å². The van der Waals surface area contributed by atoms with Gasteiger partial charge in [-0.05, 0) is 56.7 Å². The first kappa shape index (κ1) is 14.2. The number of hydrogen-bond acceptors (Lipinski definition) is 7. The maximum atomic E-state index is 5.29. The van der Waals surface area contributed by atoms with Crippen molar-refractivity contribution < 1.29 is 4.74 Å². The van der Waals surface area contributed by atoms with E-state index in [2.05, 4.69) is 64.2 Å². The summed E-state index contributed by atoms with van der Waals surface area (Å²) in [5, 5.41) is 3.06. The van der Waals surface area contributed by atoms with E-state index in [4.69, 9.17) is 10.6 Å². The minimum absolute atomic E-state index is 0.173. The molecule has 0 aliphatic rings. The van der Waals surface area contributed by atoms with Crippen molar-refractivity contribution in [1.82, 2.24) is 15.0 Å². The van der Waals surface area contributed by atoms with E-state index in [1.807, 2.05) is 18.2 Å². The summed E-state index contributed by atoms with van der Waals surface area (Å²) in [6.45, 7) is 0. The molecule has 19 heavy (non-hydrogen) atoms. The van der Waals surface area contributed by atoms with Crippen LogP contribution in [0.1, 0.15) is 0 Å². The normalized spacial score (nSPS) is 10.1. The first-order chi connectivity index (χ1) is 9.12. The van der Waals surface area contributed by atoms with Crippen LogP contribution >= 0.6 is 38.5 Å². The van der Waals surface area contributed by atoms with E-state index in [1.165, 1.54) is 7.11 Å². The highest BCUT2D eigenvalue weighted by Crippen LogP contribution is 2.26. The van der Waals surface area contributed by atoms with E-state index in [0.29, 0.717) is 5.95 Å². The highest BCUT2D eigenvalue weighted by atomic mass is 127. The summed E-state index contributed by atoms with van der Waals surface area (Å²) in [4.78, 5) is 12.1. The lowest BCUT2D eigenvalue weighted by molar-refractivity contribution is 0.379. The second-order valence-corrected chi connectivity index (χ2v) is 5.46. The predicted octanol–water partition coefficient (Wildman–Crippen LogP) is 2.28. The Bertz CT molecular complexity index is 574. The van der Waals surface area contributed by atoms with Gasteiger partial charge < -0.3 is 10.1 Å². The molecule has 2 rings (SSSR count). The first-order valence-corrected chi connectivity index (χ1v) is 6.98. The number of halogens is 2. The van der Waals surface area contributed by atoms with Gasteiger partial charge in [-0.1, -0.05) is 0 Å². The number of methoxy groups -OCH3 is 1. The van der Waals surface area contributed by atoms with E-state index < -0.39 is 0 Å². The lowest BCUT2D eigenvalue weighted by atomic mass is 10.3. The van der Waals surface area contributed by atoms with Crippen LogP contribution in [0.3, 0.4) is 0 Å². The van der Waals surface area contributed by atoms with Gasteiger partial charge in [-0.25, -0.2) is 5.84 Å². The number of nitrogens with zero attached hydrogens (tertiary/aromatic N) is 3. The van der Waals surface area contributed by atoms with Crippen molar-refractivity contribution in [2.45, 2.75) is 0 Å². The number of nitrogens with two attached hydrogens (primary N) is 1. The van der Waals surface area contributed by atoms with Gasteiger partial charge in [0, 0.05) is 8.04 Å². The van der Waals surface area contributed by atoms with Gasteiger partial charge in [-0.3, -0.25) is 5.43 Å². The van der Waals surface area contributed by atoms with Crippen LogP contribution in [0.15, 0.2) is 22.7 Å². The molecule has 0 radical (unpaired) electrons. The Kier molecular flexibility index (Phi) is 4.71. The van der Waals surface area contributed by atoms with Gasteiger partial charge >= 0.3 is 6.01 Å². The summed E-state index contributed by atoms with van der Waals surface area (Å²) in [7, 11) is 1.47. The molecule has 4 N–H and O–H groups in total. The third-order valence-electron chi connectivity index (χ3n) is 2.10. The molecule has 0 unspecified atom stereocenters. The second kappa shape index (κ2) is 6.30. The van der Waals surface area contributed by atoms with Crippen molar-refractivity contribution in [1.29, 1.82) is 0 Å². The van der Waals surface area contributed by atoms with Crippen LogP contribution < -0.4 is 21.3 Å². The highest BCUT2D eigenvalue weighted by Gasteiger charge is 2.08. The molecule has 0 saturated heterocycles. The van der Waals surface area contributed by atoms with Crippen molar-refractivity contribution in [3.8, 4) is 6.01 Å². The third-order valence-corrected chi connectivity index (χ3v) is 3.43. The Hall–Kier alpha value is -1.20. The van der Waals surface area contributed by atoms with Gasteiger partial charge in [0.25, 0.3) is 0 Å². The largest absolute Gasteiger partial charge is 0.467 e. The molecule has 1 aromatic carbocycles. The average Bonchev–Trinajstić information content (AvgIpc) is 2.41. The van der Waals surface area contributed by atoms with Gasteiger partial charge in [0.2, 0.25) is 11.9 Å². The number of nitrogens with one attached hydrogen (secondary N) is 2. The fourth-order valence-corrected chi connectivity index (χ4v) is 2.68. The van der Waals surface area contributed by atoms with Crippen LogP contribution in [-0.4, -0.2) is 22.1 Å². The molecule has 100 valence electrons. The number of aromatic nitrogens is 3. The fourth-order valence-electron chi connectivity index (χ4n) is 1.28. The van der Waals surface area contributed by atoms with Crippen LogP contribution in [0.4, 0.5) is 17.6 Å². The number of rotatable bonds is 4. The first-order valence-electron chi connectivity index (χ1n) is 5.11. The van der Waals surface area contributed by atoms with E-state index in [9.17, 15) is 0 Å². The number of hydrogen-bond donors (Lipinski definition) is 3. The molecule has 7 nitrogen and oxygen atoms in total. The van der Waals surface area contributed by atoms with Crippen molar-refractivity contribution in [3.63, 3.8) is 0 Å². The standard InChI is InChI=1S/C10H10BrIN6O/c1-19-10-16-8(15-9(17-10)18-13)14-7-3-2-5(12)4-6(7)11/h2-4H,13H2,1H3,(H2,14,15,16,17,18). The van der Waals surface area contributed by atoms with Crippen molar-refractivity contribution >= 4 is 56.1 Å². The summed E-state index contributed by atoms with van der Waals surface area (Å²) >= 11 is 5.70. The predicted molar refractivity (Wildman–Crippen MR) is 84.3 cm³/mol. The summed E-state index contributed by atoms with van der Waals surface area (Å²) in [6, 6.07) is 6.03. The molecule has 0 bridgehead atoms. The molecule has 0 atom stereocenters. The van der Waals surface area contributed by atoms with Crippen molar-refractivity contribution in [2.24, 2.45) is 5.84 Å². The zero-order valence-corrected chi connectivity index (χ0v) is 13.6. The lowest BCUT2D eigenvalue weighted by Crippen LogP contribution is -2.13. The number of nitrogen functional groups attached to an aromatic ring is 1. The van der Waals surface area contributed by atoms with Gasteiger partial charge in [0.15, 0.2) is 0 Å². The number of benzene rings is 1. The molecule has 0 aliphatic heterocycles. The summed E-state index contributed by atoms with van der Waals surface area (Å²) < 4.78 is 7.00. The van der Waals surface area contributed by atoms with Crippen LogP contribution in [-0.2, 0) is 0 Å². The van der Waals surface area contributed by atoms with E-state index in [1.54, 1.807) is 0 Å². The molecule has 0 amide bonds. The third kappa shape index (κ3) is 3.64. The van der Waals surface area contributed by atoms with Gasteiger partial charge in [0.1, 0.15) is 0 Å². The van der Waals surface area contributed by atoms with Crippen molar-refractivity contribution in [2.75, 3.05) is 17.9 Å². The molecule has 0 fully saturated rings. The Balaban J connectivity index is 2.31. The van der Waals surface area contributed by atoms with E-state index in [0.717, 1.165) is 13.7 Å². The molecule has 0 aliphatic carbocycles. The van der Waals surface area contributed by atoms with Gasteiger partial charge in [-0.15, -0.1) is 0 Å². The lowest BCUT2D eigenvalue weighted by Gasteiger charge is -2.09. The zero-order valence-electron chi connectivity index (χ0n) is 9.82. The molecule has 0 saturated carbocycles. The quantitative estimate of drug-likeness (QED) is 0.384. The van der Waals surface area contributed by atoms with Crippen LogP contribution in [0.25, 0.3) is 0 Å². The number of ether oxygens (including phenoxy) is 1. The molecule has 2 aromatic rings. The van der Waals surface area contributed by atoms with Crippen molar-refractivity contribution in [3.05, 3.63) is 26.2 Å². The topological polar surface area (TPSA) is 98.0 Å². The van der Waals surface area contributed by atoms with Gasteiger partial charge in [0.05, 0.1) is 12.8 Å². The molecule has 0 spiro atoms.